The van der Waals surface area contributed by atoms with Gasteiger partial charge < -0.3 is 19.7 Å². The standard InChI is InChI=1S/C23H31N3O5S/c1-17-14-18-8-5-6-9-20(18)26(17)13-7-12-24-23(27)16-25(2)32(28,29)19-10-11-21(30-3)22(15-19)31-4/h5-6,8-11,15,17H,7,12-14,16H2,1-4H3,(H,24,27). The molecule has 1 amide bonds. The van der Waals surface area contributed by atoms with Gasteiger partial charge in [-0.2, -0.15) is 4.31 Å². The molecule has 1 N–H and O–H groups in total. The molecule has 0 bridgehead atoms. The van der Waals surface area contributed by atoms with Crippen molar-refractivity contribution in [1.82, 2.24) is 9.62 Å². The van der Waals surface area contributed by atoms with E-state index in [1.807, 2.05) is 6.07 Å². The third-order valence-electron chi connectivity index (χ3n) is 5.68. The van der Waals surface area contributed by atoms with Gasteiger partial charge in [-0.15, -0.1) is 0 Å². The van der Waals surface area contributed by atoms with Crippen molar-refractivity contribution in [3.63, 3.8) is 0 Å². The minimum atomic E-state index is -3.85. The maximum Gasteiger partial charge on any atom is 0.243 e. The van der Waals surface area contributed by atoms with Crippen molar-refractivity contribution in [2.75, 3.05) is 45.8 Å². The molecule has 0 saturated carbocycles. The first kappa shape index (κ1) is 23.9. The highest BCUT2D eigenvalue weighted by Gasteiger charge is 2.26. The van der Waals surface area contributed by atoms with Crippen LogP contribution in [0.15, 0.2) is 47.4 Å². The van der Waals surface area contributed by atoms with Crippen molar-refractivity contribution in [3.8, 4) is 11.5 Å². The summed E-state index contributed by atoms with van der Waals surface area (Å²) in [7, 11) is 0.451. The number of methoxy groups -OCH3 is 2. The fraction of sp³-hybridized carbons (Fsp3) is 0.435. The Labute approximate surface area is 190 Å². The molecule has 0 saturated heterocycles. The predicted molar refractivity (Wildman–Crippen MR) is 124 cm³/mol. The van der Waals surface area contributed by atoms with Crippen LogP contribution in [0.5, 0.6) is 11.5 Å². The lowest BCUT2D eigenvalue weighted by Gasteiger charge is -2.25. The summed E-state index contributed by atoms with van der Waals surface area (Å²) >= 11 is 0. The molecular weight excluding hydrogens is 430 g/mol. The molecule has 2 aromatic rings. The number of rotatable bonds is 10. The van der Waals surface area contributed by atoms with E-state index in [9.17, 15) is 13.2 Å². The van der Waals surface area contributed by atoms with Crippen LogP contribution in [0.4, 0.5) is 5.69 Å². The molecule has 0 spiro atoms. The third kappa shape index (κ3) is 5.16. The molecule has 0 fully saturated rings. The van der Waals surface area contributed by atoms with Crippen LogP contribution in [0.1, 0.15) is 18.9 Å². The number of amides is 1. The maximum absolute atomic E-state index is 12.8. The zero-order valence-electron chi connectivity index (χ0n) is 19.0. The van der Waals surface area contributed by atoms with Gasteiger partial charge in [0.1, 0.15) is 0 Å². The lowest BCUT2D eigenvalue weighted by molar-refractivity contribution is -0.121. The Hall–Kier alpha value is -2.78. The van der Waals surface area contributed by atoms with Gasteiger partial charge in [0.05, 0.1) is 25.7 Å². The smallest absolute Gasteiger partial charge is 0.243 e. The highest BCUT2D eigenvalue weighted by atomic mass is 32.2. The van der Waals surface area contributed by atoms with Crippen LogP contribution in [-0.4, -0.2) is 65.6 Å². The van der Waals surface area contributed by atoms with E-state index < -0.39 is 10.0 Å². The number of ether oxygens (including phenoxy) is 2. The van der Waals surface area contributed by atoms with Crippen molar-refractivity contribution in [2.45, 2.75) is 30.7 Å². The molecule has 1 heterocycles. The normalized spacial score (nSPS) is 15.5. The number of likely N-dealkylation sites (N-methyl/N-ethyl adjacent to an activating group) is 1. The largest absolute Gasteiger partial charge is 0.493 e. The van der Waals surface area contributed by atoms with Gasteiger partial charge in [0.25, 0.3) is 0 Å². The van der Waals surface area contributed by atoms with Gasteiger partial charge in [-0.1, -0.05) is 18.2 Å². The molecule has 1 unspecified atom stereocenters. The third-order valence-corrected chi connectivity index (χ3v) is 7.48. The Morgan fingerprint density at radius 1 is 1.16 bits per heavy atom. The topological polar surface area (TPSA) is 88.2 Å². The summed E-state index contributed by atoms with van der Waals surface area (Å²) in [4.78, 5) is 14.7. The van der Waals surface area contributed by atoms with Crippen LogP contribution in [0.2, 0.25) is 0 Å². The van der Waals surface area contributed by atoms with Crippen LogP contribution in [0, 0.1) is 0 Å². The zero-order valence-corrected chi connectivity index (χ0v) is 19.8. The lowest BCUT2D eigenvalue weighted by Crippen LogP contribution is -2.39. The van der Waals surface area contributed by atoms with E-state index in [2.05, 4.69) is 35.3 Å². The van der Waals surface area contributed by atoms with Crippen LogP contribution in [-0.2, 0) is 21.2 Å². The minimum absolute atomic E-state index is 0.0344. The molecule has 1 aliphatic heterocycles. The molecule has 32 heavy (non-hydrogen) atoms. The van der Waals surface area contributed by atoms with E-state index in [0.29, 0.717) is 24.1 Å². The molecule has 1 aliphatic rings. The molecule has 2 aromatic carbocycles. The van der Waals surface area contributed by atoms with Gasteiger partial charge in [-0.05, 0) is 43.5 Å². The number of benzene rings is 2. The molecular formula is C23H31N3O5S. The summed E-state index contributed by atoms with van der Waals surface area (Å²) in [6.45, 7) is 3.25. The Morgan fingerprint density at radius 3 is 2.59 bits per heavy atom. The van der Waals surface area contributed by atoms with Crippen LogP contribution < -0.4 is 19.7 Å². The highest BCUT2D eigenvalue weighted by molar-refractivity contribution is 7.89. The number of nitrogens with zero attached hydrogens (tertiary/aromatic N) is 2. The minimum Gasteiger partial charge on any atom is -0.493 e. The summed E-state index contributed by atoms with van der Waals surface area (Å²) in [6, 6.07) is 13.2. The highest BCUT2D eigenvalue weighted by Crippen LogP contribution is 2.32. The lowest BCUT2D eigenvalue weighted by atomic mass is 10.1. The number of sulfonamides is 1. The van der Waals surface area contributed by atoms with Crippen LogP contribution in [0.3, 0.4) is 0 Å². The first-order valence-electron chi connectivity index (χ1n) is 10.6. The molecule has 3 rings (SSSR count). The van der Waals surface area contributed by atoms with Crippen LogP contribution >= 0.6 is 0 Å². The quantitative estimate of drug-likeness (QED) is 0.546. The monoisotopic (exact) mass is 461 g/mol. The second-order valence-electron chi connectivity index (χ2n) is 7.86. The molecule has 0 aliphatic carbocycles. The Bertz CT molecular complexity index is 1060. The van der Waals surface area contributed by atoms with Gasteiger partial charge in [-0.3, -0.25) is 4.79 Å². The Morgan fingerprint density at radius 2 is 1.88 bits per heavy atom. The number of para-hydroxylation sites is 1. The first-order chi connectivity index (χ1) is 15.3. The van der Waals surface area contributed by atoms with Gasteiger partial charge >= 0.3 is 0 Å². The van der Waals surface area contributed by atoms with Gasteiger partial charge in [0.15, 0.2) is 11.5 Å². The zero-order chi connectivity index (χ0) is 23.3. The Kier molecular flexibility index (Phi) is 7.63. The van der Waals surface area contributed by atoms with Crippen LogP contribution in [0.25, 0.3) is 0 Å². The van der Waals surface area contributed by atoms with Crippen molar-refractivity contribution < 1.29 is 22.7 Å². The molecule has 8 nitrogen and oxygen atoms in total. The summed E-state index contributed by atoms with van der Waals surface area (Å²) in [5.41, 5.74) is 2.61. The van der Waals surface area contributed by atoms with E-state index in [1.54, 1.807) is 0 Å². The van der Waals surface area contributed by atoms with E-state index in [4.69, 9.17) is 9.47 Å². The van der Waals surface area contributed by atoms with Crippen molar-refractivity contribution in [3.05, 3.63) is 48.0 Å². The van der Waals surface area contributed by atoms with E-state index >= 15 is 0 Å². The second kappa shape index (κ2) is 10.2. The molecule has 0 radical (unpaired) electrons. The number of hydrogen-bond donors (Lipinski definition) is 1. The number of anilines is 1. The van der Waals surface area contributed by atoms with E-state index in [0.717, 1.165) is 23.7 Å². The molecule has 174 valence electrons. The average Bonchev–Trinajstić information content (AvgIpc) is 3.10. The first-order valence-corrected chi connectivity index (χ1v) is 12.0. The molecule has 0 aromatic heterocycles. The fourth-order valence-corrected chi connectivity index (χ4v) is 5.09. The summed E-state index contributed by atoms with van der Waals surface area (Å²) in [6.07, 6.45) is 1.80. The Balaban J connectivity index is 1.50. The van der Waals surface area contributed by atoms with E-state index in [1.165, 1.54) is 50.7 Å². The SMILES string of the molecule is COc1ccc(S(=O)(=O)N(C)CC(=O)NCCCN2c3ccccc3CC2C)cc1OC. The molecule has 9 heteroatoms. The van der Waals surface area contributed by atoms with E-state index in [-0.39, 0.29) is 17.3 Å². The summed E-state index contributed by atoms with van der Waals surface area (Å²) < 4.78 is 37.0. The number of carbonyl (C=O) groups is 1. The van der Waals surface area contributed by atoms with Gasteiger partial charge in [0.2, 0.25) is 15.9 Å². The summed E-state index contributed by atoms with van der Waals surface area (Å²) in [5, 5.41) is 2.82. The maximum atomic E-state index is 12.8. The van der Waals surface area contributed by atoms with Crippen molar-refractivity contribution in [1.29, 1.82) is 0 Å². The summed E-state index contributed by atoms with van der Waals surface area (Å²) in [5.74, 6) is 0.400. The second-order valence-corrected chi connectivity index (χ2v) is 9.90. The van der Waals surface area contributed by atoms with Crippen molar-refractivity contribution in [2.24, 2.45) is 0 Å². The van der Waals surface area contributed by atoms with Gasteiger partial charge in [0, 0.05) is 37.9 Å². The number of fused-ring (bicyclic) bond motifs is 1. The number of carbonyl (C=O) groups excluding carboxylic acids is 1. The van der Waals surface area contributed by atoms with Crippen molar-refractivity contribution >= 4 is 21.6 Å². The number of hydrogen-bond acceptors (Lipinski definition) is 6. The predicted octanol–water partition coefficient (Wildman–Crippen LogP) is 2.28. The fourth-order valence-electron chi connectivity index (χ4n) is 3.95. The molecule has 1 atom stereocenters. The van der Waals surface area contributed by atoms with Gasteiger partial charge in [-0.25, -0.2) is 8.42 Å². The average molecular weight is 462 g/mol. The number of nitrogens with one attached hydrogen (secondary N) is 1.